The van der Waals surface area contributed by atoms with Crippen LogP contribution >= 0.6 is 11.3 Å². The van der Waals surface area contributed by atoms with Gasteiger partial charge in [-0.15, -0.1) is 11.3 Å². The fourth-order valence-corrected chi connectivity index (χ4v) is 6.54. The summed E-state index contributed by atoms with van der Waals surface area (Å²) in [5.41, 5.74) is 7.58. The molecule has 4 heterocycles. The van der Waals surface area contributed by atoms with Crippen molar-refractivity contribution in [1.82, 2.24) is 9.97 Å². The van der Waals surface area contributed by atoms with Crippen LogP contribution in [0.1, 0.15) is 52.7 Å². The van der Waals surface area contributed by atoms with Gasteiger partial charge in [0, 0.05) is 27.8 Å². The van der Waals surface area contributed by atoms with Crippen molar-refractivity contribution in [3.8, 4) is 34.1 Å². The highest BCUT2D eigenvalue weighted by Crippen LogP contribution is 2.44. The Bertz CT molecular complexity index is 1980. The number of nitrogens with zero attached hydrogens (tertiary/aromatic N) is 2. The number of furan rings is 1. The van der Waals surface area contributed by atoms with Gasteiger partial charge in [-0.05, 0) is 51.8 Å². The highest BCUT2D eigenvalue weighted by atomic mass is 32.1. The fourth-order valence-electron chi connectivity index (χ4n) is 5.44. The van der Waals surface area contributed by atoms with E-state index in [1.807, 2.05) is 24.3 Å². The Hall–Kier alpha value is -4.22. The number of rotatable bonds is 4. The number of hydrogen-bond acceptors (Lipinski definition) is 5. The van der Waals surface area contributed by atoms with Crippen LogP contribution in [0.2, 0.25) is 0 Å². The topological polar surface area (TPSA) is 48.2 Å². The van der Waals surface area contributed by atoms with Crippen molar-refractivity contribution < 1.29 is 9.15 Å². The minimum absolute atomic E-state index is 0.109. The zero-order valence-electron chi connectivity index (χ0n) is 24.2. The lowest BCUT2D eigenvalue weighted by atomic mass is 9.85. The first-order chi connectivity index (χ1) is 19.5. The Labute approximate surface area is 244 Å². The smallest absolute Gasteiger partial charge is 0.220 e. The van der Waals surface area contributed by atoms with Crippen LogP contribution in [0.15, 0.2) is 89.3 Å². The van der Waals surface area contributed by atoms with E-state index in [1.54, 1.807) is 11.3 Å². The maximum atomic E-state index is 6.71. The van der Waals surface area contributed by atoms with Gasteiger partial charge in [0.2, 0.25) is 5.88 Å². The zero-order chi connectivity index (χ0) is 28.5. The molecule has 0 bridgehead atoms. The molecule has 3 aromatic carbocycles. The molecule has 41 heavy (non-hydrogen) atoms. The molecule has 7 aromatic rings. The normalized spacial score (nSPS) is 12.6. The summed E-state index contributed by atoms with van der Waals surface area (Å²) < 4.78 is 14.2. The van der Waals surface area contributed by atoms with Gasteiger partial charge in [0.1, 0.15) is 21.7 Å². The Balaban J connectivity index is 1.38. The van der Waals surface area contributed by atoms with Crippen LogP contribution in [-0.2, 0) is 10.8 Å². The lowest BCUT2D eigenvalue weighted by Crippen LogP contribution is -2.14. The van der Waals surface area contributed by atoms with Crippen molar-refractivity contribution in [3.05, 3.63) is 96.1 Å². The molecule has 0 aliphatic carbocycles. The van der Waals surface area contributed by atoms with E-state index in [-0.39, 0.29) is 10.8 Å². The number of ether oxygens (including phenoxy) is 1. The van der Waals surface area contributed by atoms with Crippen molar-refractivity contribution in [2.45, 2.75) is 52.4 Å². The number of hydrogen-bond donors (Lipinski definition) is 0. The zero-order valence-corrected chi connectivity index (χ0v) is 25.0. The summed E-state index contributed by atoms with van der Waals surface area (Å²) in [6.07, 6.45) is 0. The molecule has 4 nitrogen and oxygen atoms in total. The van der Waals surface area contributed by atoms with E-state index in [0.717, 1.165) is 66.2 Å². The first-order valence-electron chi connectivity index (χ1n) is 14.0. The minimum Gasteiger partial charge on any atom is -0.456 e. The van der Waals surface area contributed by atoms with Gasteiger partial charge in [0.05, 0.1) is 16.8 Å². The number of benzene rings is 3. The minimum atomic E-state index is -0.114. The van der Waals surface area contributed by atoms with Crippen molar-refractivity contribution in [1.29, 1.82) is 0 Å². The van der Waals surface area contributed by atoms with Gasteiger partial charge in [-0.3, -0.25) is 0 Å². The Kier molecular flexibility index (Phi) is 5.74. The molecule has 0 saturated heterocycles. The number of pyridine rings is 2. The highest BCUT2D eigenvalue weighted by molar-refractivity contribution is 7.25. The number of thiophene rings is 1. The fraction of sp³-hybridized carbons (Fsp3) is 0.222. The predicted octanol–water partition coefficient (Wildman–Crippen LogP) is 10.7. The number of aromatic nitrogens is 2. The molecule has 204 valence electrons. The van der Waals surface area contributed by atoms with Crippen LogP contribution in [0.3, 0.4) is 0 Å². The molecule has 0 atom stereocenters. The molecule has 0 unspecified atom stereocenters. The van der Waals surface area contributed by atoms with Crippen molar-refractivity contribution >= 4 is 42.8 Å². The lowest BCUT2D eigenvalue weighted by molar-refractivity contribution is 0.438. The summed E-state index contributed by atoms with van der Waals surface area (Å²) >= 11 is 1.70. The van der Waals surface area contributed by atoms with E-state index >= 15 is 0 Å². The largest absolute Gasteiger partial charge is 0.456 e. The van der Waals surface area contributed by atoms with Gasteiger partial charge in [-0.1, -0.05) is 90.1 Å². The van der Waals surface area contributed by atoms with Gasteiger partial charge in [-0.25, -0.2) is 9.97 Å². The van der Waals surface area contributed by atoms with Gasteiger partial charge in [0.15, 0.2) is 0 Å². The predicted molar refractivity (Wildman–Crippen MR) is 171 cm³/mol. The average Bonchev–Trinajstić information content (AvgIpc) is 3.51. The third-order valence-electron chi connectivity index (χ3n) is 7.66. The van der Waals surface area contributed by atoms with Crippen LogP contribution in [-0.4, -0.2) is 9.97 Å². The van der Waals surface area contributed by atoms with E-state index in [1.165, 1.54) is 4.70 Å². The molecule has 0 fully saturated rings. The second kappa shape index (κ2) is 9.15. The third-order valence-corrected chi connectivity index (χ3v) is 8.71. The van der Waals surface area contributed by atoms with Crippen LogP contribution in [0.4, 0.5) is 0 Å². The summed E-state index contributed by atoms with van der Waals surface area (Å²) in [7, 11) is 0. The molecule has 0 aliphatic rings. The quantitative estimate of drug-likeness (QED) is 0.216. The maximum absolute atomic E-state index is 6.71. The van der Waals surface area contributed by atoms with E-state index < -0.39 is 0 Å². The molecule has 0 spiro atoms. The van der Waals surface area contributed by atoms with Crippen molar-refractivity contribution in [3.63, 3.8) is 0 Å². The molecule has 4 aromatic heterocycles. The summed E-state index contributed by atoms with van der Waals surface area (Å²) in [6, 6.07) is 29.3. The Morgan fingerprint density at radius 1 is 0.659 bits per heavy atom. The van der Waals surface area contributed by atoms with Gasteiger partial charge in [-0.2, -0.15) is 0 Å². The molecular formula is C36H32N2O2S. The average molecular weight is 557 g/mol. The van der Waals surface area contributed by atoms with Gasteiger partial charge >= 0.3 is 0 Å². The lowest BCUT2D eigenvalue weighted by Gasteiger charge is -2.24. The van der Waals surface area contributed by atoms with Gasteiger partial charge in [0.25, 0.3) is 0 Å². The van der Waals surface area contributed by atoms with Crippen LogP contribution in [0.25, 0.3) is 54.0 Å². The second-order valence-electron chi connectivity index (χ2n) is 12.8. The molecular weight excluding hydrogens is 524 g/mol. The van der Waals surface area contributed by atoms with E-state index in [2.05, 4.69) is 102 Å². The summed E-state index contributed by atoms with van der Waals surface area (Å²) in [6.45, 7) is 13.2. The van der Waals surface area contributed by atoms with E-state index in [0.29, 0.717) is 5.88 Å². The van der Waals surface area contributed by atoms with Crippen LogP contribution < -0.4 is 4.74 Å². The Morgan fingerprint density at radius 3 is 2.20 bits per heavy atom. The second-order valence-corrected chi connectivity index (χ2v) is 13.8. The molecule has 0 aliphatic heterocycles. The van der Waals surface area contributed by atoms with Crippen LogP contribution in [0, 0.1) is 0 Å². The van der Waals surface area contributed by atoms with Crippen LogP contribution in [0.5, 0.6) is 11.6 Å². The summed E-state index contributed by atoms with van der Waals surface area (Å²) in [5, 5.41) is 2.26. The SMILES string of the molecule is CC(C)(C)c1cc(Oc2cc(-c3ccccc3)ccc2C(C)(C)C)nc(-c2cc3oc4cccc5sc(n2)c3c45)c1. The molecule has 7 rings (SSSR count). The van der Waals surface area contributed by atoms with Crippen molar-refractivity contribution in [2.24, 2.45) is 0 Å². The molecule has 0 N–H and O–H groups in total. The third kappa shape index (κ3) is 4.54. The summed E-state index contributed by atoms with van der Waals surface area (Å²) in [5.74, 6) is 1.37. The molecule has 0 saturated carbocycles. The molecule has 0 radical (unpaired) electrons. The van der Waals surface area contributed by atoms with E-state index in [9.17, 15) is 0 Å². The monoisotopic (exact) mass is 556 g/mol. The highest BCUT2D eigenvalue weighted by Gasteiger charge is 2.24. The van der Waals surface area contributed by atoms with Crippen molar-refractivity contribution in [2.75, 3.05) is 0 Å². The van der Waals surface area contributed by atoms with Gasteiger partial charge < -0.3 is 9.15 Å². The summed E-state index contributed by atoms with van der Waals surface area (Å²) in [4.78, 5) is 11.1. The molecule has 5 heteroatoms. The first kappa shape index (κ1) is 25.7. The Morgan fingerprint density at radius 2 is 1.44 bits per heavy atom. The van der Waals surface area contributed by atoms with E-state index in [4.69, 9.17) is 19.1 Å². The first-order valence-corrected chi connectivity index (χ1v) is 14.8. The standard InChI is InChI=1S/C36H32N2O2S/c1-35(2,3)23-18-25(26-20-29-33-32-27(39-29)13-10-14-30(32)41-34(33)38-26)37-31(19-23)40-28-17-22(21-11-8-7-9-12-21)15-16-24(28)36(4,5)6/h7-20H,1-6H3. The maximum Gasteiger partial charge on any atom is 0.220 e. The molecule has 0 amide bonds.